The highest BCUT2D eigenvalue weighted by Crippen LogP contribution is 2.38. The van der Waals surface area contributed by atoms with Crippen LogP contribution >= 0.6 is 0 Å². The van der Waals surface area contributed by atoms with E-state index in [0.29, 0.717) is 12.8 Å². The van der Waals surface area contributed by atoms with Crippen molar-refractivity contribution >= 4 is 11.9 Å². The molecule has 0 bridgehead atoms. The third-order valence-corrected chi connectivity index (χ3v) is 5.45. The Hall–Kier alpha value is -1.06. The lowest BCUT2D eigenvalue weighted by Crippen LogP contribution is -2.49. The van der Waals surface area contributed by atoms with E-state index in [4.69, 9.17) is 0 Å². The third kappa shape index (κ3) is 4.45. The van der Waals surface area contributed by atoms with Gasteiger partial charge >= 0.3 is 5.97 Å². The molecule has 0 spiro atoms. The van der Waals surface area contributed by atoms with Gasteiger partial charge in [0.1, 0.15) is 0 Å². The minimum atomic E-state index is -0.846. The van der Waals surface area contributed by atoms with E-state index >= 15 is 0 Å². The van der Waals surface area contributed by atoms with E-state index in [9.17, 15) is 14.7 Å². The minimum Gasteiger partial charge on any atom is -0.481 e. The van der Waals surface area contributed by atoms with Crippen LogP contribution in [0.1, 0.15) is 85.0 Å². The molecule has 0 unspecified atom stereocenters. The van der Waals surface area contributed by atoms with Crippen LogP contribution in [0.4, 0.5) is 0 Å². The largest absolute Gasteiger partial charge is 0.481 e. The number of rotatable bonds is 7. The zero-order chi connectivity index (χ0) is 15.9. The van der Waals surface area contributed by atoms with Crippen molar-refractivity contribution in [2.45, 2.75) is 90.5 Å². The Bertz CT molecular complexity index is 345. The Morgan fingerprint density at radius 3 is 1.86 bits per heavy atom. The van der Waals surface area contributed by atoms with Crippen LogP contribution in [0.5, 0.6) is 0 Å². The maximum absolute atomic E-state index is 12.5. The normalized spacial score (nSPS) is 18.8. The van der Waals surface area contributed by atoms with Crippen LogP contribution in [-0.4, -0.2) is 22.5 Å². The number of carboxylic acid groups (broad SMARTS) is 1. The number of hydrogen-bond acceptors (Lipinski definition) is 2. The van der Waals surface area contributed by atoms with Gasteiger partial charge in [-0.2, -0.15) is 0 Å². The van der Waals surface area contributed by atoms with Crippen LogP contribution in [0.15, 0.2) is 0 Å². The Labute approximate surface area is 128 Å². The molecule has 0 radical (unpaired) electrons. The van der Waals surface area contributed by atoms with Crippen molar-refractivity contribution < 1.29 is 14.7 Å². The Kier molecular flexibility index (Phi) is 6.69. The third-order valence-electron chi connectivity index (χ3n) is 5.45. The molecule has 0 aliphatic heterocycles. The fourth-order valence-corrected chi connectivity index (χ4v) is 3.53. The molecule has 0 aromatic heterocycles. The maximum Gasteiger partial charge on any atom is 0.310 e. The van der Waals surface area contributed by atoms with Gasteiger partial charge in [-0.25, -0.2) is 0 Å². The minimum absolute atomic E-state index is 0.0927. The van der Waals surface area contributed by atoms with Crippen molar-refractivity contribution in [3.63, 3.8) is 0 Å². The fraction of sp³-hybridized carbons (Fsp3) is 0.882. The molecule has 1 aliphatic carbocycles. The first-order chi connectivity index (χ1) is 9.93. The highest BCUT2D eigenvalue weighted by Gasteiger charge is 2.41. The average Bonchev–Trinajstić information content (AvgIpc) is 2.71. The SMILES string of the molecule is CCC(CC)(CC)NC(=O)CC1(C(=O)O)CCCCCC1. The first-order valence-electron chi connectivity index (χ1n) is 8.48. The predicted molar refractivity (Wildman–Crippen MR) is 84.1 cm³/mol. The summed E-state index contributed by atoms with van der Waals surface area (Å²) >= 11 is 0. The van der Waals surface area contributed by atoms with Crippen molar-refractivity contribution in [2.24, 2.45) is 5.41 Å². The highest BCUT2D eigenvalue weighted by atomic mass is 16.4. The summed E-state index contributed by atoms with van der Waals surface area (Å²) in [5, 5.41) is 12.8. The molecule has 1 rings (SSSR count). The molecule has 1 amide bonds. The van der Waals surface area contributed by atoms with Gasteiger partial charge in [0.05, 0.1) is 5.41 Å². The van der Waals surface area contributed by atoms with Crippen LogP contribution in [0.25, 0.3) is 0 Å². The molecule has 1 aliphatic rings. The van der Waals surface area contributed by atoms with Crippen LogP contribution in [0.3, 0.4) is 0 Å². The number of nitrogens with one attached hydrogen (secondary N) is 1. The first-order valence-corrected chi connectivity index (χ1v) is 8.48. The summed E-state index contributed by atoms with van der Waals surface area (Å²) in [6.45, 7) is 6.23. The van der Waals surface area contributed by atoms with E-state index in [0.717, 1.165) is 44.9 Å². The molecule has 2 N–H and O–H groups in total. The predicted octanol–water partition coefficient (Wildman–Crippen LogP) is 3.89. The van der Waals surface area contributed by atoms with Crippen molar-refractivity contribution in [1.82, 2.24) is 5.32 Å². The standard InChI is InChI=1S/C17H31NO3/c1-4-17(5-2,6-3)18-14(19)13-16(15(20)21)11-9-7-8-10-12-16/h4-13H2,1-3H3,(H,18,19)(H,20,21). The summed E-state index contributed by atoms with van der Waals surface area (Å²) in [7, 11) is 0. The fourth-order valence-electron chi connectivity index (χ4n) is 3.53. The molecule has 0 aromatic rings. The van der Waals surface area contributed by atoms with Crippen molar-refractivity contribution in [3.8, 4) is 0 Å². The number of carbonyl (C=O) groups excluding carboxylic acids is 1. The molecule has 0 saturated heterocycles. The molecule has 1 saturated carbocycles. The zero-order valence-electron chi connectivity index (χ0n) is 13.8. The number of carbonyl (C=O) groups is 2. The van der Waals surface area contributed by atoms with Crippen molar-refractivity contribution in [2.75, 3.05) is 0 Å². The van der Waals surface area contributed by atoms with E-state index in [1.54, 1.807) is 0 Å². The number of amides is 1. The van der Waals surface area contributed by atoms with Gasteiger partial charge in [0.15, 0.2) is 0 Å². The van der Waals surface area contributed by atoms with Gasteiger partial charge in [-0.1, -0.05) is 46.5 Å². The Balaban J connectivity index is 2.79. The Morgan fingerprint density at radius 2 is 1.48 bits per heavy atom. The molecule has 21 heavy (non-hydrogen) atoms. The molecule has 4 nitrogen and oxygen atoms in total. The van der Waals surface area contributed by atoms with E-state index in [1.165, 1.54) is 0 Å². The van der Waals surface area contributed by atoms with Gasteiger partial charge in [0, 0.05) is 12.0 Å². The van der Waals surface area contributed by atoms with Crippen LogP contribution in [0, 0.1) is 5.41 Å². The molecule has 1 fully saturated rings. The van der Waals surface area contributed by atoms with Crippen LogP contribution in [-0.2, 0) is 9.59 Å². The van der Waals surface area contributed by atoms with E-state index < -0.39 is 11.4 Å². The molecule has 0 aromatic carbocycles. The second-order valence-electron chi connectivity index (χ2n) is 6.57. The molecule has 122 valence electrons. The van der Waals surface area contributed by atoms with E-state index in [2.05, 4.69) is 26.1 Å². The topological polar surface area (TPSA) is 66.4 Å². The quantitative estimate of drug-likeness (QED) is 0.701. The Morgan fingerprint density at radius 1 is 1.00 bits per heavy atom. The van der Waals surface area contributed by atoms with Crippen LogP contribution < -0.4 is 5.32 Å². The summed E-state index contributed by atoms with van der Waals surface area (Å²) < 4.78 is 0. The molecule has 0 atom stereocenters. The molecule has 0 heterocycles. The summed E-state index contributed by atoms with van der Waals surface area (Å²) in [5.41, 5.74) is -1.02. The zero-order valence-corrected chi connectivity index (χ0v) is 13.8. The van der Waals surface area contributed by atoms with Crippen LogP contribution in [0.2, 0.25) is 0 Å². The van der Waals surface area contributed by atoms with Gasteiger partial charge in [0.25, 0.3) is 0 Å². The second-order valence-corrected chi connectivity index (χ2v) is 6.57. The average molecular weight is 297 g/mol. The monoisotopic (exact) mass is 297 g/mol. The van der Waals surface area contributed by atoms with Gasteiger partial charge in [0.2, 0.25) is 5.91 Å². The smallest absolute Gasteiger partial charge is 0.310 e. The highest BCUT2D eigenvalue weighted by molar-refractivity contribution is 5.85. The van der Waals surface area contributed by atoms with E-state index in [1.807, 2.05) is 0 Å². The van der Waals surface area contributed by atoms with Crippen molar-refractivity contribution in [3.05, 3.63) is 0 Å². The number of carboxylic acids is 1. The molecular weight excluding hydrogens is 266 g/mol. The number of hydrogen-bond donors (Lipinski definition) is 2. The maximum atomic E-state index is 12.5. The summed E-state index contributed by atoms with van der Waals surface area (Å²) in [5.74, 6) is -0.889. The second kappa shape index (κ2) is 7.81. The molecule has 4 heteroatoms. The van der Waals surface area contributed by atoms with Crippen molar-refractivity contribution in [1.29, 1.82) is 0 Å². The van der Waals surface area contributed by atoms with Gasteiger partial charge in [-0.05, 0) is 32.1 Å². The summed E-state index contributed by atoms with van der Waals surface area (Å²) in [6.07, 6.45) is 8.03. The van der Waals surface area contributed by atoms with Gasteiger partial charge in [-0.3, -0.25) is 9.59 Å². The summed E-state index contributed by atoms with van der Waals surface area (Å²) in [4.78, 5) is 24.2. The van der Waals surface area contributed by atoms with Gasteiger partial charge < -0.3 is 10.4 Å². The first kappa shape index (κ1) is 18.0. The lowest BCUT2D eigenvalue weighted by molar-refractivity contribution is -0.153. The van der Waals surface area contributed by atoms with E-state index in [-0.39, 0.29) is 17.9 Å². The summed E-state index contributed by atoms with van der Waals surface area (Å²) in [6, 6.07) is 0. The molecular formula is C17H31NO3. The number of aliphatic carboxylic acids is 1. The lowest BCUT2D eigenvalue weighted by atomic mass is 9.76. The van der Waals surface area contributed by atoms with Gasteiger partial charge in [-0.15, -0.1) is 0 Å². The lowest BCUT2D eigenvalue weighted by Gasteiger charge is -2.34.